The quantitative estimate of drug-likeness (QED) is 0.875. The highest BCUT2D eigenvalue weighted by molar-refractivity contribution is 5.39. The summed E-state index contributed by atoms with van der Waals surface area (Å²) in [5, 5.41) is 0. The maximum absolute atomic E-state index is 12.3. The molecular weight excluding hydrogens is 245 g/mol. The molecule has 1 unspecified atom stereocenters. The van der Waals surface area contributed by atoms with Crippen LogP contribution >= 0.6 is 0 Å². The van der Waals surface area contributed by atoms with Crippen molar-refractivity contribution in [1.29, 1.82) is 0 Å². The number of alkyl halides is 3. The molecule has 1 fully saturated rings. The van der Waals surface area contributed by atoms with Crippen LogP contribution in [0.3, 0.4) is 0 Å². The van der Waals surface area contributed by atoms with Gasteiger partial charge in [0.25, 0.3) is 0 Å². The topological polar surface area (TPSA) is 55.0 Å². The van der Waals surface area contributed by atoms with Crippen LogP contribution in [0.4, 0.5) is 19.0 Å². The molecule has 7 heteroatoms. The molecule has 0 saturated carbocycles. The lowest BCUT2D eigenvalue weighted by Gasteiger charge is -2.31. The number of hydrogen-bond donors (Lipinski definition) is 1. The molecule has 1 atom stereocenters. The molecule has 0 aromatic carbocycles. The van der Waals surface area contributed by atoms with Gasteiger partial charge in [0.15, 0.2) is 0 Å². The minimum atomic E-state index is -4.25. The van der Waals surface area contributed by atoms with Crippen molar-refractivity contribution in [3.05, 3.63) is 18.1 Å². The first kappa shape index (κ1) is 13.1. The summed E-state index contributed by atoms with van der Waals surface area (Å²) in [6.07, 6.45) is -2.22. The third kappa shape index (κ3) is 3.56. The van der Waals surface area contributed by atoms with Gasteiger partial charge < -0.3 is 10.6 Å². The van der Waals surface area contributed by atoms with Gasteiger partial charge in [0.05, 0.1) is 12.1 Å². The molecule has 0 radical (unpaired) electrons. The first-order chi connectivity index (χ1) is 8.44. The molecule has 1 aliphatic rings. The van der Waals surface area contributed by atoms with E-state index in [0.717, 1.165) is 19.4 Å². The number of piperidine rings is 1. The van der Waals surface area contributed by atoms with Crippen LogP contribution < -0.4 is 10.6 Å². The van der Waals surface area contributed by atoms with E-state index < -0.39 is 12.6 Å². The summed E-state index contributed by atoms with van der Waals surface area (Å²) in [5.41, 5.74) is 5.83. The third-order valence-corrected chi connectivity index (χ3v) is 2.87. The molecule has 1 aromatic heterocycles. The van der Waals surface area contributed by atoms with Gasteiger partial charge in [-0.15, -0.1) is 0 Å². The Labute approximate surface area is 103 Å². The second-order valence-corrected chi connectivity index (χ2v) is 4.51. The van der Waals surface area contributed by atoms with E-state index in [-0.39, 0.29) is 11.7 Å². The second-order valence-electron chi connectivity index (χ2n) is 4.51. The Balaban J connectivity index is 2.11. The number of nitrogens with zero attached hydrogens (tertiary/aromatic N) is 3. The predicted molar refractivity (Wildman–Crippen MR) is 61.2 cm³/mol. The van der Waals surface area contributed by atoms with Gasteiger partial charge in [-0.25, -0.2) is 9.97 Å². The Kier molecular flexibility index (Phi) is 3.70. The van der Waals surface area contributed by atoms with E-state index in [1.54, 1.807) is 0 Å². The first-order valence-electron chi connectivity index (χ1n) is 5.82. The van der Waals surface area contributed by atoms with Gasteiger partial charge >= 0.3 is 6.18 Å². The number of rotatable bonds is 2. The normalized spacial score (nSPS) is 21.1. The third-order valence-electron chi connectivity index (χ3n) is 2.87. The van der Waals surface area contributed by atoms with Gasteiger partial charge in [0, 0.05) is 25.2 Å². The van der Waals surface area contributed by atoms with Crippen molar-refractivity contribution in [2.75, 3.05) is 18.0 Å². The minimum Gasteiger partial charge on any atom is -0.355 e. The maximum atomic E-state index is 12.3. The zero-order valence-electron chi connectivity index (χ0n) is 9.82. The smallest absolute Gasteiger partial charge is 0.355 e. The summed E-state index contributed by atoms with van der Waals surface area (Å²) in [5.74, 6) is 0.527. The fourth-order valence-corrected chi connectivity index (χ4v) is 2.08. The molecule has 100 valence electrons. The van der Waals surface area contributed by atoms with Gasteiger partial charge in [-0.2, -0.15) is 13.2 Å². The molecule has 4 nitrogen and oxygen atoms in total. The lowest BCUT2D eigenvalue weighted by molar-refractivity contribution is -0.127. The Morgan fingerprint density at radius 1 is 1.39 bits per heavy atom. The highest BCUT2D eigenvalue weighted by Crippen LogP contribution is 2.22. The van der Waals surface area contributed by atoms with E-state index in [0.29, 0.717) is 12.4 Å². The SMILES string of the molecule is NC1CCCN(c2cc(CC(F)(F)F)ncn2)C1. The summed E-state index contributed by atoms with van der Waals surface area (Å²) < 4.78 is 36.8. The zero-order chi connectivity index (χ0) is 13.2. The number of anilines is 1. The number of aromatic nitrogens is 2. The van der Waals surface area contributed by atoms with E-state index in [1.807, 2.05) is 4.90 Å². The Hall–Kier alpha value is -1.37. The average molecular weight is 260 g/mol. The molecule has 18 heavy (non-hydrogen) atoms. The first-order valence-corrected chi connectivity index (χ1v) is 5.82. The van der Waals surface area contributed by atoms with Gasteiger partial charge in [-0.3, -0.25) is 0 Å². The van der Waals surface area contributed by atoms with E-state index in [1.165, 1.54) is 12.4 Å². The molecule has 1 saturated heterocycles. The van der Waals surface area contributed by atoms with E-state index in [4.69, 9.17) is 5.73 Å². The van der Waals surface area contributed by atoms with E-state index >= 15 is 0 Å². The van der Waals surface area contributed by atoms with Crippen molar-refractivity contribution in [3.63, 3.8) is 0 Å². The average Bonchev–Trinajstić information content (AvgIpc) is 2.27. The van der Waals surface area contributed by atoms with Crippen LogP contribution in [-0.4, -0.2) is 35.3 Å². The Morgan fingerprint density at radius 3 is 2.83 bits per heavy atom. The van der Waals surface area contributed by atoms with Crippen LogP contribution in [0.1, 0.15) is 18.5 Å². The maximum Gasteiger partial charge on any atom is 0.394 e. The number of hydrogen-bond acceptors (Lipinski definition) is 4. The van der Waals surface area contributed by atoms with Crippen molar-refractivity contribution in [3.8, 4) is 0 Å². The molecule has 2 N–H and O–H groups in total. The van der Waals surface area contributed by atoms with Crippen molar-refractivity contribution in [2.45, 2.75) is 31.5 Å². The summed E-state index contributed by atoms with van der Waals surface area (Å²) in [6, 6.07) is 1.45. The Bertz CT molecular complexity index is 408. The summed E-state index contributed by atoms with van der Waals surface area (Å²) >= 11 is 0. The van der Waals surface area contributed by atoms with Crippen molar-refractivity contribution in [1.82, 2.24) is 9.97 Å². The molecule has 2 heterocycles. The van der Waals surface area contributed by atoms with Crippen LogP contribution in [0.2, 0.25) is 0 Å². The zero-order valence-corrected chi connectivity index (χ0v) is 9.82. The molecule has 1 aromatic rings. The standard InChI is InChI=1S/C11H15F3N4/c12-11(13,14)5-9-4-10(17-7-16-9)18-3-1-2-8(15)6-18/h4,7-8H,1-3,5-6,15H2. The van der Waals surface area contributed by atoms with Gasteiger partial charge in [-0.1, -0.05) is 0 Å². The van der Waals surface area contributed by atoms with Crippen LogP contribution in [0.25, 0.3) is 0 Å². The van der Waals surface area contributed by atoms with Crippen LogP contribution in [0.15, 0.2) is 12.4 Å². The highest BCUT2D eigenvalue weighted by Gasteiger charge is 2.29. The molecule has 0 amide bonds. The fraction of sp³-hybridized carbons (Fsp3) is 0.636. The van der Waals surface area contributed by atoms with Crippen molar-refractivity contribution >= 4 is 5.82 Å². The van der Waals surface area contributed by atoms with Crippen LogP contribution in [0, 0.1) is 0 Å². The van der Waals surface area contributed by atoms with Crippen molar-refractivity contribution < 1.29 is 13.2 Å². The second kappa shape index (κ2) is 5.09. The minimum absolute atomic E-state index is 0.00774. The lowest BCUT2D eigenvalue weighted by Crippen LogP contribution is -2.43. The largest absolute Gasteiger partial charge is 0.394 e. The fourth-order valence-electron chi connectivity index (χ4n) is 2.08. The van der Waals surface area contributed by atoms with E-state index in [2.05, 4.69) is 9.97 Å². The molecule has 1 aliphatic heterocycles. The number of nitrogens with two attached hydrogens (primary N) is 1. The molecule has 0 aliphatic carbocycles. The summed E-state index contributed by atoms with van der Waals surface area (Å²) in [7, 11) is 0. The molecule has 0 bridgehead atoms. The van der Waals surface area contributed by atoms with Gasteiger partial charge in [-0.05, 0) is 12.8 Å². The molecular formula is C11H15F3N4. The highest BCUT2D eigenvalue weighted by atomic mass is 19.4. The van der Waals surface area contributed by atoms with Crippen molar-refractivity contribution in [2.24, 2.45) is 5.73 Å². The Morgan fingerprint density at radius 2 is 2.17 bits per heavy atom. The van der Waals surface area contributed by atoms with Gasteiger partial charge in [0.1, 0.15) is 12.1 Å². The lowest BCUT2D eigenvalue weighted by atomic mass is 10.1. The molecule has 0 spiro atoms. The van der Waals surface area contributed by atoms with Crippen LogP contribution in [0.5, 0.6) is 0 Å². The predicted octanol–water partition coefficient (Wildman–Crippen LogP) is 1.51. The monoisotopic (exact) mass is 260 g/mol. The van der Waals surface area contributed by atoms with E-state index in [9.17, 15) is 13.2 Å². The molecule has 2 rings (SSSR count). The summed E-state index contributed by atoms with van der Waals surface area (Å²) in [4.78, 5) is 9.58. The summed E-state index contributed by atoms with van der Waals surface area (Å²) in [6.45, 7) is 1.40. The van der Waals surface area contributed by atoms with Gasteiger partial charge in [0.2, 0.25) is 0 Å². The number of halogens is 3. The van der Waals surface area contributed by atoms with Crippen LogP contribution in [-0.2, 0) is 6.42 Å².